The Labute approximate surface area is 96.5 Å². The van der Waals surface area contributed by atoms with Crippen LogP contribution >= 0.6 is 11.3 Å². The number of carboxylic acid groups (broad SMARTS) is 1. The molecular weight excluding hydrogens is 226 g/mol. The summed E-state index contributed by atoms with van der Waals surface area (Å²) in [6.45, 7) is 0. The van der Waals surface area contributed by atoms with Crippen molar-refractivity contribution in [2.75, 3.05) is 7.11 Å². The van der Waals surface area contributed by atoms with Crippen LogP contribution in [0.3, 0.4) is 0 Å². The second-order valence-corrected chi connectivity index (χ2v) is 4.40. The molecule has 1 atom stereocenters. The van der Waals surface area contributed by atoms with E-state index in [1.807, 2.05) is 24.3 Å². The topological polar surface area (TPSA) is 59.4 Å². The number of thiazole rings is 1. The average molecular weight is 237 g/mol. The quantitative estimate of drug-likeness (QED) is 0.887. The number of methoxy groups -OCH3 is 1. The van der Waals surface area contributed by atoms with Gasteiger partial charge in [0.05, 0.1) is 16.6 Å². The van der Waals surface area contributed by atoms with Gasteiger partial charge in [-0.05, 0) is 12.1 Å². The molecule has 0 saturated heterocycles. The predicted octanol–water partition coefficient (Wildman–Crippen LogP) is 2.46. The second kappa shape index (κ2) is 4.59. The number of aliphatic carboxylic acids is 1. The minimum atomic E-state index is -0.883. The Kier molecular flexibility index (Phi) is 3.17. The molecule has 0 unspecified atom stereocenters. The van der Waals surface area contributed by atoms with E-state index in [-0.39, 0.29) is 6.42 Å². The first-order valence-electron chi connectivity index (χ1n) is 4.80. The average Bonchev–Trinajstić information content (AvgIpc) is 2.68. The Balaban J connectivity index is 2.34. The van der Waals surface area contributed by atoms with Crippen LogP contribution in [0.15, 0.2) is 24.3 Å². The van der Waals surface area contributed by atoms with Gasteiger partial charge < -0.3 is 9.84 Å². The van der Waals surface area contributed by atoms with Gasteiger partial charge in [0.15, 0.2) is 0 Å². The van der Waals surface area contributed by atoms with Crippen LogP contribution in [0.25, 0.3) is 10.2 Å². The maximum atomic E-state index is 10.7. The lowest BCUT2D eigenvalue weighted by Crippen LogP contribution is -2.07. The van der Waals surface area contributed by atoms with E-state index in [1.54, 1.807) is 0 Å². The van der Waals surface area contributed by atoms with Crippen molar-refractivity contribution in [3.8, 4) is 0 Å². The maximum Gasteiger partial charge on any atom is 0.306 e. The van der Waals surface area contributed by atoms with Crippen molar-refractivity contribution in [3.05, 3.63) is 29.3 Å². The highest BCUT2D eigenvalue weighted by atomic mass is 32.1. The molecule has 0 radical (unpaired) electrons. The number of hydrogen-bond donors (Lipinski definition) is 1. The predicted molar refractivity (Wildman–Crippen MR) is 61.6 cm³/mol. The lowest BCUT2D eigenvalue weighted by molar-refractivity contribution is -0.139. The Morgan fingerprint density at radius 2 is 2.31 bits per heavy atom. The minimum absolute atomic E-state index is 0.0592. The van der Waals surface area contributed by atoms with E-state index in [9.17, 15) is 4.79 Å². The third kappa shape index (κ3) is 2.20. The van der Waals surface area contributed by atoms with Crippen LogP contribution in [-0.4, -0.2) is 23.2 Å². The molecule has 0 amide bonds. The van der Waals surface area contributed by atoms with Crippen molar-refractivity contribution in [3.63, 3.8) is 0 Å². The van der Waals surface area contributed by atoms with E-state index in [4.69, 9.17) is 9.84 Å². The molecule has 1 N–H and O–H groups in total. The van der Waals surface area contributed by atoms with Crippen molar-refractivity contribution in [2.45, 2.75) is 12.5 Å². The zero-order chi connectivity index (χ0) is 11.5. The molecule has 0 aliphatic carbocycles. The number of para-hydroxylation sites is 1. The fourth-order valence-corrected chi connectivity index (χ4v) is 2.50. The van der Waals surface area contributed by atoms with E-state index >= 15 is 0 Å². The van der Waals surface area contributed by atoms with Gasteiger partial charge in [0.25, 0.3) is 0 Å². The summed E-state index contributed by atoms with van der Waals surface area (Å²) in [7, 11) is 1.50. The van der Waals surface area contributed by atoms with Gasteiger partial charge in [0.2, 0.25) is 0 Å². The highest BCUT2D eigenvalue weighted by Gasteiger charge is 2.18. The van der Waals surface area contributed by atoms with Crippen LogP contribution in [0.5, 0.6) is 0 Å². The summed E-state index contributed by atoms with van der Waals surface area (Å²) in [5.74, 6) is -0.883. The smallest absolute Gasteiger partial charge is 0.306 e. The highest BCUT2D eigenvalue weighted by Crippen LogP contribution is 2.29. The highest BCUT2D eigenvalue weighted by molar-refractivity contribution is 7.18. The van der Waals surface area contributed by atoms with Crippen LogP contribution in [0.1, 0.15) is 17.5 Å². The molecule has 0 aliphatic rings. The summed E-state index contributed by atoms with van der Waals surface area (Å²) in [6.07, 6.45) is -0.522. The molecule has 84 valence electrons. The zero-order valence-electron chi connectivity index (χ0n) is 8.71. The third-order valence-electron chi connectivity index (χ3n) is 2.23. The van der Waals surface area contributed by atoms with Crippen LogP contribution in [0.2, 0.25) is 0 Å². The van der Waals surface area contributed by atoms with Crippen LogP contribution in [0, 0.1) is 0 Å². The Morgan fingerprint density at radius 1 is 1.56 bits per heavy atom. The van der Waals surface area contributed by atoms with Crippen LogP contribution in [0.4, 0.5) is 0 Å². The molecule has 1 aromatic heterocycles. The van der Waals surface area contributed by atoms with Crippen LogP contribution < -0.4 is 0 Å². The van der Waals surface area contributed by atoms with Crippen molar-refractivity contribution >= 4 is 27.5 Å². The van der Waals surface area contributed by atoms with E-state index in [0.717, 1.165) is 10.2 Å². The SMILES string of the molecule is CO[C@@H](CC(=O)O)c1nc2ccccc2s1. The standard InChI is InChI=1S/C11H11NO3S/c1-15-8(6-10(13)14)11-12-7-4-2-3-5-9(7)16-11/h2-5,8H,6H2,1H3,(H,13,14)/t8-/m0/s1. The Bertz CT molecular complexity index is 476. The van der Waals surface area contributed by atoms with E-state index in [1.165, 1.54) is 18.4 Å². The van der Waals surface area contributed by atoms with Gasteiger partial charge in [-0.3, -0.25) is 4.79 Å². The lowest BCUT2D eigenvalue weighted by atomic mass is 10.2. The molecule has 0 fully saturated rings. The van der Waals surface area contributed by atoms with E-state index < -0.39 is 12.1 Å². The summed E-state index contributed by atoms with van der Waals surface area (Å²) in [5, 5.41) is 9.46. The number of carboxylic acids is 1. The second-order valence-electron chi connectivity index (χ2n) is 3.34. The van der Waals surface area contributed by atoms with Crippen molar-refractivity contribution in [1.82, 2.24) is 4.98 Å². The van der Waals surface area contributed by atoms with Gasteiger partial charge >= 0.3 is 5.97 Å². The Hall–Kier alpha value is -1.46. The summed E-state index contributed by atoms with van der Waals surface area (Å²) < 4.78 is 6.19. The molecule has 0 bridgehead atoms. The molecule has 0 aliphatic heterocycles. The number of fused-ring (bicyclic) bond motifs is 1. The number of nitrogens with zero attached hydrogens (tertiary/aromatic N) is 1. The summed E-state index contributed by atoms with van der Waals surface area (Å²) >= 11 is 1.47. The number of carbonyl (C=O) groups is 1. The number of aromatic nitrogens is 1. The number of benzene rings is 1. The summed E-state index contributed by atoms with van der Waals surface area (Å²) in [4.78, 5) is 15.0. The van der Waals surface area contributed by atoms with Crippen molar-refractivity contribution in [1.29, 1.82) is 0 Å². The number of hydrogen-bond acceptors (Lipinski definition) is 4. The first-order valence-corrected chi connectivity index (χ1v) is 5.62. The van der Waals surface area contributed by atoms with Gasteiger partial charge in [-0.25, -0.2) is 4.98 Å². The van der Waals surface area contributed by atoms with Crippen molar-refractivity contribution < 1.29 is 14.6 Å². The molecular formula is C11H11NO3S. The zero-order valence-corrected chi connectivity index (χ0v) is 9.53. The third-order valence-corrected chi connectivity index (χ3v) is 3.36. The van der Waals surface area contributed by atoms with Crippen LogP contribution in [-0.2, 0) is 9.53 Å². The number of ether oxygens (including phenoxy) is 1. The fraction of sp³-hybridized carbons (Fsp3) is 0.273. The largest absolute Gasteiger partial charge is 0.481 e. The molecule has 16 heavy (non-hydrogen) atoms. The molecule has 0 spiro atoms. The molecule has 5 heteroatoms. The first kappa shape index (κ1) is 11.0. The molecule has 0 saturated carbocycles. The molecule has 4 nitrogen and oxygen atoms in total. The fourth-order valence-electron chi connectivity index (χ4n) is 1.46. The normalized spacial score (nSPS) is 12.8. The molecule has 1 heterocycles. The van der Waals surface area contributed by atoms with Gasteiger partial charge in [0.1, 0.15) is 11.1 Å². The first-order chi connectivity index (χ1) is 7.70. The summed E-state index contributed by atoms with van der Waals surface area (Å²) in [6, 6.07) is 7.71. The monoisotopic (exact) mass is 237 g/mol. The molecule has 2 rings (SSSR count). The van der Waals surface area contributed by atoms with Gasteiger partial charge in [-0.1, -0.05) is 12.1 Å². The Morgan fingerprint density at radius 3 is 2.94 bits per heavy atom. The van der Waals surface area contributed by atoms with Crippen molar-refractivity contribution in [2.24, 2.45) is 0 Å². The molecule has 2 aromatic rings. The molecule has 1 aromatic carbocycles. The minimum Gasteiger partial charge on any atom is -0.481 e. The van der Waals surface area contributed by atoms with E-state index in [0.29, 0.717) is 5.01 Å². The maximum absolute atomic E-state index is 10.7. The van der Waals surface area contributed by atoms with Gasteiger partial charge in [-0.2, -0.15) is 0 Å². The number of rotatable bonds is 4. The summed E-state index contributed by atoms with van der Waals surface area (Å²) in [5.41, 5.74) is 0.884. The lowest BCUT2D eigenvalue weighted by Gasteiger charge is -2.08. The van der Waals surface area contributed by atoms with Gasteiger partial charge in [-0.15, -0.1) is 11.3 Å². The van der Waals surface area contributed by atoms with Gasteiger partial charge in [0, 0.05) is 7.11 Å². The van der Waals surface area contributed by atoms with E-state index in [2.05, 4.69) is 4.98 Å².